The van der Waals surface area contributed by atoms with Gasteiger partial charge in [0.2, 0.25) is 10.0 Å². The van der Waals surface area contributed by atoms with Gasteiger partial charge in [0, 0.05) is 23.3 Å². The van der Waals surface area contributed by atoms with Crippen molar-refractivity contribution in [2.75, 3.05) is 11.4 Å². The predicted molar refractivity (Wildman–Crippen MR) is 103 cm³/mol. The molecule has 26 heavy (non-hydrogen) atoms. The summed E-state index contributed by atoms with van der Waals surface area (Å²) < 4.78 is 27.9. The quantitative estimate of drug-likeness (QED) is 0.867. The van der Waals surface area contributed by atoms with Crippen molar-refractivity contribution in [3.8, 4) is 0 Å². The molecule has 3 rings (SSSR count). The topological polar surface area (TPSA) is 66.5 Å². The Morgan fingerprint density at radius 3 is 2.54 bits per heavy atom. The molecular formula is C19H21ClN2O3S. The van der Waals surface area contributed by atoms with E-state index < -0.39 is 15.6 Å². The number of anilines is 1. The fraction of sp³-hybridized carbons (Fsp3) is 0.316. The summed E-state index contributed by atoms with van der Waals surface area (Å²) in [5, 5.41) is 0.0834. The van der Waals surface area contributed by atoms with Crippen molar-refractivity contribution in [3.63, 3.8) is 0 Å². The Morgan fingerprint density at radius 1 is 1.15 bits per heavy atom. The zero-order chi connectivity index (χ0) is 19.1. The van der Waals surface area contributed by atoms with E-state index in [1.807, 2.05) is 24.3 Å². The Balaban J connectivity index is 1.97. The molecule has 1 aliphatic heterocycles. The molecule has 0 spiro atoms. The number of hydrogen-bond donors (Lipinski definition) is 1. The highest BCUT2D eigenvalue weighted by Crippen LogP contribution is 2.30. The number of nitrogens with one attached hydrogen (secondary N) is 1. The highest BCUT2D eigenvalue weighted by atomic mass is 35.5. The number of benzene rings is 2. The number of nitrogens with zero attached hydrogens (tertiary/aromatic N) is 1. The smallest absolute Gasteiger partial charge is 0.258 e. The van der Waals surface area contributed by atoms with Crippen molar-refractivity contribution in [3.05, 3.63) is 58.6 Å². The standard InChI is InChI=1S/C19H21ClN2O3S/c1-19(2,3)21-26(24,25)17-12-14(8-9-15(17)20)18(23)22-11-10-13-6-4-5-7-16(13)22/h4-9,12,21H,10-11H2,1-3H3. The summed E-state index contributed by atoms with van der Waals surface area (Å²) >= 11 is 6.11. The number of carbonyl (C=O) groups is 1. The Labute approximate surface area is 159 Å². The summed E-state index contributed by atoms with van der Waals surface area (Å²) in [4.78, 5) is 14.5. The van der Waals surface area contributed by atoms with Gasteiger partial charge in [-0.25, -0.2) is 13.1 Å². The first-order chi connectivity index (χ1) is 12.1. The second kappa shape index (κ2) is 6.68. The average molecular weight is 393 g/mol. The Kier molecular flexibility index (Phi) is 4.86. The van der Waals surface area contributed by atoms with Crippen LogP contribution in [0.5, 0.6) is 0 Å². The van der Waals surface area contributed by atoms with Gasteiger partial charge in [0.05, 0.1) is 5.02 Å². The highest BCUT2D eigenvalue weighted by molar-refractivity contribution is 7.89. The second-order valence-corrected chi connectivity index (χ2v) is 9.39. The van der Waals surface area contributed by atoms with E-state index in [4.69, 9.17) is 11.6 Å². The van der Waals surface area contributed by atoms with Crippen molar-refractivity contribution >= 4 is 33.2 Å². The molecule has 1 N–H and O–H groups in total. The molecule has 1 aliphatic rings. The highest BCUT2D eigenvalue weighted by Gasteiger charge is 2.28. The van der Waals surface area contributed by atoms with Gasteiger partial charge in [-0.05, 0) is 57.0 Å². The summed E-state index contributed by atoms with van der Waals surface area (Å²) in [6, 6.07) is 12.1. The molecular weight excluding hydrogens is 372 g/mol. The Morgan fingerprint density at radius 2 is 1.85 bits per heavy atom. The maximum atomic E-state index is 13.0. The Bertz CT molecular complexity index is 965. The number of amides is 1. The second-order valence-electron chi connectivity index (χ2n) is 7.34. The molecule has 0 aliphatic carbocycles. The molecule has 0 unspecified atom stereocenters. The molecule has 2 aromatic carbocycles. The van der Waals surface area contributed by atoms with Gasteiger partial charge in [0.15, 0.2) is 0 Å². The minimum absolute atomic E-state index is 0.0834. The van der Waals surface area contributed by atoms with E-state index in [0.29, 0.717) is 12.1 Å². The maximum absolute atomic E-state index is 13.0. The molecule has 0 bridgehead atoms. The van der Waals surface area contributed by atoms with Gasteiger partial charge in [0.1, 0.15) is 4.90 Å². The van der Waals surface area contributed by atoms with E-state index in [2.05, 4.69) is 4.72 Å². The third-order valence-electron chi connectivity index (χ3n) is 4.04. The monoisotopic (exact) mass is 392 g/mol. The number of hydrogen-bond acceptors (Lipinski definition) is 3. The van der Waals surface area contributed by atoms with E-state index in [0.717, 1.165) is 17.7 Å². The van der Waals surface area contributed by atoms with Gasteiger partial charge in [-0.1, -0.05) is 29.8 Å². The fourth-order valence-corrected chi connectivity index (χ4v) is 4.95. The fourth-order valence-electron chi connectivity index (χ4n) is 3.01. The van der Waals surface area contributed by atoms with Gasteiger partial charge >= 0.3 is 0 Å². The van der Waals surface area contributed by atoms with Gasteiger partial charge in [-0.3, -0.25) is 4.79 Å². The van der Waals surface area contributed by atoms with Crippen LogP contribution in [0, 0.1) is 0 Å². The number of sulfonamides is 1. The maximum Gasteiger partial charge on any atom is 0.258 e. The van der Waals surface area contributed by atoms with Crippen LogP contribution in [-0.2, 0) is 16.4 Å². The van der Waals surface area contributed by atoms with E-state index in [1.54, 1.807) is 31.7 Å². The third-order valence-corrected chi connectivity index (χ3v) is 6.28. The van der Waals surface area contributed by atoms with Crippen LogP contribution in [-0.4, -0.2) is 26.4 Å². The number of fused-ring (bicyclic) bond motifs is 1. The van der Waals surface area contributed by atoms with E-state index in [-0.39, 0.29) is 15.8 Å². The number of para-hydroxylation sites is 1. The minimum atomic E-state index is -3.84. The zero-order valence-electron chi connectivity index (χ0n) is 14.9. The van der Waals surface area contributed by atoms with Crippen molar-refractivity contribution < 1.29 is 13.2 Å². The molecule has 0 saturated heterocycles. The summed E-state index contributed by atoms with van der Waals surface area (Å²) in [6.07, 6.45) is 0.784. The Hall–Kier alpha value is -1.89. The molecule has 0 atom stereocenters. The first-order valence-electron chi connectivity index (χ1n) is 8.32. The van der Waals surface area contributed by atoms with Gasteiger partial charge in [0.25, 0.3) is 5.91 Å². The van der Waals surface area contributed by atoms with Crippen LogP contribution in [0.4, 0.5) is 5.69 Å². The lowest BCUT2D eigenvalue weighted by atomic mass is 10.1. The molecule has 2 aromatic rings. The van der Waals surface area contributed by atoms with Crippen LogP contribution in [0.3, 0.4) is 0 Å². The van der Waals surface area contributed by atoms with Crippen LogP contribution in [0.2, 0.25) is 5.02 Å². The zero-order valence-corrected chi connectivity index (χ0v) is 16.5. The number of rotatable bonds is 3. The van der Waals surface area contributed by atoms with Crippen molar-refractivity contribution in [1.82, 2.24) is 4.72 Å². The molecule has 7 heteroatoms. The first kappa shape index (κ1) is 18.9. The van der Waals surface area contributed by atoms with Gasteiger partial charge in [-0.2, -0.15) is 0 Å². The van der Waals surface area contributed by atoms with E-state index >= 15 is 0 Å². The van der Waals surface area contributed by atoms with Crippen molar-refractivity contribution in [1.29, 1.82) is 0 Å². The molecule has 0 fully saturated rings. The van der Waals surface area contributed by atoms with Crippen LogP contribution in [0.25, 0.3) is 0 Å². The SMILES string of the molecule is CC(C)(C)NS(=O)(=O)c1cc(C(=O)N2CCc3ccccc32)ccc1Cl. The molecule has 138 valence electrons. The summed E-state index contributed by atoms with van der Waals surface area (Å²) in [6.45, 7) is 5.81. The molecule has 1 heterocycles. The largest absolute Gasteiger partial charge is 0.308 e. The normalized spacial score (nSPS) is 14.4. The molecule has 0 aromatic heterocycles. The van der Waals surface area contributed by atoms with Crippen LogP contribution < -0.4 is 9.62 Å². The lowest BCUT2D eigenvalue weighted by molar-refractivity contribution is 0.0989. The third kappa shape index (κ3) is 3.77. The van der Waals surface area contributed by atoms with Gasteiger partial charge < -0.3 is 4.90 Å². The average Bonchev–Trinajstić information content (AvgIpc) is 2.96. The van der Waals surface area contributed by atoms with Gasteiger partial charge in [-0.15, -0.1) is 0 Å². The molecule has 0 radical (unpaired) electrons. The summed E-state index contributed by atoms with van der Waals surface area (Å²) in [5.74, 6) is -0.237. The molecule has 5 nitrogen and oxygen atoms in total. The van der Waals surface area contributed by atoms with Crippen molar-refractivity contribution in [2.45, 2.75) is 37.6 Å². The minimum Gasteiger partial charge on any atom is -0.308 e. The summed E-state index contributed by atoms with van der Waals surface area (Å²) in [5.41, 5.74) is 1.61. The van der Waals surface area contributed by atoms with Crippen molar-refractivity contribution in [2.24, 2.45) is 0 Å². The molecule has 0 saturated carbocycles. The van der Waals surface area contributed by atoms with E-state index in [9.17, 15) is 13.2 Å². The lowest BCUT2D eigenvalue weighted by Gasteiger charge is -2.22. The van der Waals surface area contributed by atoms with Crippen LogP contribution in [0.15, 0.2) is 47.4 Å². The number of carbonyl (C=O) groups excluding carboxylic acids is 1. The summed E-state index contributed by atoms with van der Waals surface area (Å²) in [7, 11) is -3.84. The van der Waals surface area contributed by atoms with Crippen LogP contribution >= 0.6 is 11.6 Å². The number of halogens is 1. The lowest BCUT2D eigenvalue weighted by Crippen LogP contribution is -2.40. The molecule has 1 amide bonds. The van der Waals surface area contributed by atoms with Crippen LogP contribution in [0.1, 0.15) is 36.7 Å². The first-order valence-corrected chi connectivity index (χ1v) is 10.2. The van der Waals surface area contributed by atoms with E-state index in [1.165, 1.54) is 12.1 Å². The predicted octanol–water partition coefficient (Wildman–Crippen LogP) is 3.62.